The smallest absolute Gasteiger partial charge is 0.410 e. The maximum atomic E-state index is 14.6. The van der Waals surface area contributed by atoms with Crippen LogP contribution in [0.2, 0.25) is 0 Å². The van der Waals surface area contributed by atoms with Crippen molar-refractivity contribution in [1.29, 1.82) is 0 Å². The number of anilines is 1. The maximum Gasteiger partial charge on any atom is 0.410 e. The van der Waals surface area contributed by atoms with Crippen LogP contribution in [0.25, 0.3) is 0 Å². The Labute approximate surface area is 311 Å². The highest BCUT2D eigenvalue weighted by Crippen LogP contribution is 2.36. The second kappa shape index (κ2) is 15.8. The number of aromatic nitrogens is 1. The lowest BCUT2D eigenvalue weighted by Crippen LogP contribution is -2.65. The Kier molecular flexibility index (Phi) is 11.6. The molecule has 0 unspecified atom stereocenters. The first-order valence-electron chi connectivity index (χ1n) is 18.8. The van der Waals surface area contributed by atoms with E-state index in [-0.39, 0.29) is 98.7 Å². The summed E-state index contributed by atoms with van der Waals surface area (Å²) in [6.45, 7) is 16.9. The topological polar surface area (TPSA) is 108 Å². The molecular formula is C39H54F2N6O6. The summed E-state index contributed by atoms with van der Waals surface area (Å²) in [6, 6.07) is 7.37. The van der Waals surface area contributed by atoms with Gasteiger partial charge in [0.25, 0.3) is 5.91 Å². The molecule has 2 aromatic rings. The van der Waals surface area contributed by atoms with Crippen LogP contribution in [-0.4, -0.2) is 144 Å². The third kappa shape index (κ3) is 8.92. The van der Waals surface area contributed by atoms with Gasteiger partial charge in [-0.25, -0.2) is 18.6 Å². The van der Waals surface area contributed by atoms with Gasteiger partial charge in [0.05, 0.1) is 32.3 Å². The van der Waals surface area contributed by atoms with Gasteiger partial charge < -0.3 is 28.9 Å². The molecule has 5 heterocycles. The van der Waals surface area contributed by atoms with Crippen molar-refractivity contribution in [3.05, 3.63) is 53.0 Å². The molecule has 3 saturated heterocycles. The van der Waals surface area contributed by atoms with Gasteiger partial charge in [-0.2, -0.15) is 0 Å². The number of benzene rings is 1. The molecular weight excluding hydrogens is 686 g/mol. The number of morpholine rings is 1. The molecule has 290 valence electrons. The number of nitrogens with zero attached hydrogens (tertiary/aromatic N) is 6. The predicted octanol–water partition coefficient (Wildman–Crippen LogP) is 4.53. The largest absolute Gasteiger partial charge is 0.474 e. The van der Waals surface area contributed by atoms with Crippen molar-refractivity contribution in [3.8, 4) is 5.88 Å². The molecule has 0 saturated carbocycles. The molecule has 53 heavy (non-hydrogen) atoms. The number of pyridine rings is 1. The van der Waals surface area contributed by atoms with Crippen LogP contribution in [0.3, 0.4) is 0 Å². The van der Waals surface area contributed by atoms with Gasteiger partial charge in [0.15, 0.2) is 0 Å². The number of halogens is 2. The molecule has 4 aliphatic rings. The average molecular weight is 741 g/mol. The zero-order valence-corrected chi connectivity index (χ0v) is 32.0. The van der Waals surface area contributed by atoms with Crippen molar-refractivity contribution >= 4 is 23.6 Å². The molecule has 14 heteroatoms. The number of alkyl halides is 1. The molecule has 6 rings (SSSR count). The van der Waals surface area contributed by atoms with Crippen LogP contribution in [0.1, 0.15) is 76.5 Å². The number of carbonyl (C=O) groups is 3. The summed E-state index contributed by atoms with van der Waals surface area (Å²) >= 11 is 0. The lowest BCUT2D eigenvalue weighted by atomic mass is 10.0. The zero-order chi connectivity index (χ0) is 38.2. The van der Waals surface area contributed by atoms with Crippen molar-refractivity contribution in [2.24, 2.45) is 0 Å². The Hall–Kier alpha value is -3.88. The molecule has 12 nitrogen and oxygen atoms in total. The first-order chi connectivity index (χ1) is 25.1. The summed E-state index contributed by atoms with van der Waals surface area (Å²) in [6.07, 6.45) is -0.974. The normalized spacial score (nSPS) is 27.0. The highest BCUT2D eigenvalue weighted by molar-refractivity contribution is 5.99. The third-order valence-electron chi connectivity index (χ3n) is 10.6. The highest BCUT2D eigenvalue weighted by Gasteiger charge is 2.42. The second-order valence-corrected chi connectivity index (χ2v) is 16.2. The van der Waals surface area contributed by atoms with E-state index in [0.717, 1.165) is 5.56 Å². The van der Waals surface area contributed by atoms with Crippen LogP contribution < -0.4 is 9.64 Å². The molecule has 6 atom stereocenters. The number of amides is 3. The fraction of sp³-hybridized carbons (Fsp3) is 0.641. The highest BCUT2D eigenvalue weighted by atomic mass is 19.1. The standard InChI is InChI=1S/C39H54F2N6O6/c1-24-16-44(32(18-45-25(2)21-51-22-26(45)3)19-46(24)38(50)53-39(5,6)7)20-34(48)47-27(4)23-52-36-33(47)15-29(14-28-8-10-30(40)11-9-28)35(42-36)37(49)43-13-12-31(41)17-43/h8-11,15,24-27,31-32H,12-14,16-23H2,1-7H3/t24-,25-,26-,27+,31-,32+/m1/s1. The Balaban J connectivity index is 1.30. The number of hydrogen-bond donors (Lipinski definition) is 0. The number of fused-ring (bicyclic) bond motifs is 1. The van der Waals surface area contributed by atoms with Crippen LogP contribution >= 0.6 is 0 Å². The van der Waals surface area contributed by atoms with Crippen molar-refractivity contribution in [2.75, 3.05) is 64.0 Å². The molecule has 0 bridgehead atoms. The Morgan fingerprint density at radius 3 is 2.28 bits per heavy atom. The molecule has 1 aromatic heterocycles. The van der Waals surface area contributed by atoms with Crippen molar-refractivity contribution in [1.82, 2.24) is 24.6 Å². The van der Waals surface area contributed by atoms with Gasteiger partial charge in [0.1, 0.15) is 35.6 Å². The number of carbonyl (C=O) groups excluding carboxylic acids is 3. The quantitative estimate of drug-likeness (QED) is 0.405. The van der Waals surface area contributed by atoms with Crippen LogP contribution in [0.15, 0.2) is 30.3 Å². The fourth-order valence-electron chi connectivity index (χ4n) is 7.83. The van der Waals surface area contributed by atoms with E-state index in [2.05, 4.69) is 23.6 Å². The molecule has 1 aromatic carbocycles. The first kappa shape index (κ1) is 38.8. The summed E-state index contributed by atoms with van der Waals surface area (Å²) in [7, 11) is 0. The molecule has 0 radical (unpaired) electrons. The SMILES string of the molecule is C[C@@H]1CN(CC(=O)N2c3cc(Cc4ccc(F)cc4)c(C(=O)N4CC[C@@H](F)C4)nc3OC[C@@H]2C)[C@@H](CN2[C@H](C)COC[C@H]2C)CN1C(=O)OC(C)(C)C. The number of rotatable bonds is 7. The Morgan fingerprint density at radius 2 is 1.64 bits per heavy atom. The van der Waals surface area contributed by atoms with E-state index in [9.17, 15) is 23.2 Å². The Bertz CT molecular complexity index is 1650. The van der Waals surface area contributed by atoms with Gasteiger partial charge in [0.2, 0.25) is 11.8 Å². The summed E-state index contributed by atoms with van der Waals surface area (Å²) in [4.78, 5) is 55.9. The number of piperazine rings is 1. The lowest BCUT2D eigenvalue weighted by Gasteiger charge is -2.49. The number of likely N-dealkylation sites (tertiary alicyclic amines) is 1. The van der Waals surface area contributed by atoms with Crippen molar-refractivity contribution < 1.29 is 37.4 Å². The summed E-state index contributed by atoms with van der Waals surface area (Å²) < 4.78 is 45.6. The third-order valence-corrected chi connectivity index (χ3v) is 10.6. The Morgan fingerprint density at radius 1 is 0.943 bits per heavy atom. The molecule has 0 spiro atoms. The van der Waals surface area contributed by atoms with E-state index in [1.54, 1.807) is 28.0 Å². The van der Waals surface area contributed by atoms with Gasteiger partial charge in [0, 0.05) is 50.3 Å². The lowest BCUT2D eigenvalue weighted by molar-refractivity contribution is -0.123. The molecule has 3 fully saturated rings. The van der Waals surface area contributed by atoms with Crippen LogP contribution in [-0.2, 0) is 20.7 Å². The second-order valence-electron chi connectivity index (χ2n) is 16.2. The van der Waals surface area contributed by atoms with Gasteiger partial charge in [-0.05, 0) is 90.6 Å². The van der Waals surface area contributed by atoms with Crippen LogP contribution in [0.4, 0.5) is 19.3 Å². The fourth-order valence-corrected chi connectivity index (χ4v) is 7.83. The van der Waals surface area contributed by atoms with E-state index in [1.807, 2.05) is 34.6 Å². The average Bonchev–Trinajstić information content (AvgIpc) is 3.53. The van der Waals surface area contributed by atoms with Gasteiger partial charge in [-0.1, -0.05) is 12.1 Å². The monoisotopic (exact) mass is 740 g/mol. The summed E-state index contributed by atoms with van der Waals surface area (Å²) in [5, 5.41) is 0. The number of ether oxygens (including phenoxy) is 3. The maximum absolute atomic E-state index is 14.6. The van der Waals surface area contributed by atoms with Crippen molar-refractivity contribution in [3.63, 3.8) is 0 Å². The minimum Gasteiger partial charge on any atom is -0.474 e. The summed E-state index contributed by atoms with van der Waals surface area (Å²) in [5.41, 5.74) is 1.21. The first-order valence-corrected chi connectivity index (χ1v) is 18.8. The van der Waals surface area contributed by atoms with Gasteiger partial charge in [-0.15, -0.1) is 0 Å². The van der Waals surface area contributed by atoms with Gasteiger partial charge >= 0.3 is 6.09 Å². The van der Waals surface area contributed by atoms with Gasteiger partial charge in [-0.3, -0.25) is 19.4 Å². The molecule has 0 N–H and O–H groups in total. The van der Waals surface area contributed by atoms with E-state index in [4.69, 9.17) is 19.2 Å². The predicted molar refractivity (Wildman–Crippen MR) is 196 cm³/mol. The molecule has 0 aliphatic carbocycles. The molecule has 4 aliphatic heterocycles. The molecule has 3 amide bonds. The van der Waals surface area contributed by atoms with Crippen LogP contribution in [0.5, 0.6) is 5.88 Å². The van der Waals surface area contributed by atoms with E-state index in [0.29, 0.717) is 44.1 Å². The van der Waals surface area contributed by atoms with E-state index in [1.165, 1.54) is 17.0 Å². The number of hydrogen-bond acceptors (Lipinski definition) is 9. The van der Waals surface area contributed by atoms with Crippen molar-refractivity contribution in [2.45, 2.75) is 103 Å². The summed E-state index contributed by atoms with van der Waals surface area (Å²) in [5.74, 6) is -0.789. The van der Waals surface area contributed by atoms with E-state index >= 15 is 0 Å². The van der Waals surface area contributed by atoms with E-state index < -0.39 is 17.7 Å². The van der Waals surface area contributed by atoms with Crippen LogP contribution in [0, 0.1) is 5.82 Å². The zero-order valence-electron chi connectivity index (χ0n) is 32.0. The minimum absolute atomic E-state index is 0.0150. The minimum atomic E-state index is -1.10.